The smallest absolute Gasteiger partial charge is 0.182 e. The monoisotopic (exact) mass is 302 g/mol. The van der Waals surface area contributed by atoms with Crippen LogP contribution >= 0.6 is 15.9 Å². The Labute approximate surface area is 114 Å². The molecule has 1 saturated heterocycles. The molecule has 0 bridgehead atoms. The molecule has 2 rings (SSSR count). The van der Waals surface area contributed by atoms with Crippen molar-refractivity contribution in [2.45, 2.75) is 6.10 Å². The summed E-state index contributed by atoms with van der Waals surface area (Å²) in [5.74, 6) is -0.263. The molecule has 1 aliphatic rings. The maximum absolute atomic E-state index is 9.39. The molecule has 1 fully saturated rings. The Kier molecular flexibility index (Phi) is 3.52. The summed E-state index contributed by atoms with van der Waals surface area (Å²) in [5.41, 5.74) is -0.346. The lowest BCUT2D eigenvalue weighted by molar-refractivity contribution is 0.0863. The Morgan fingerprint density at radius 1 is 1.33 bits per heavy atom. The summed E-state index contributed by atoms with van der Waals surface area (Å²) in [6.45, 7) is 4.04. The van der Waals surface area contributed by atoms with E-state index in [4.69, 9.17) is 4.74 Å². The van der Waals surface area contributed by atoms with Gasteiger partial charge in [-0.1, -0.05) is 34.1 Å². The molecule has 2 atom stereocenters. The predicted molar refractivity (Wildman–Crippen MR) is 70.2 cm³/mol. The van der Waals surface area contributed by atoms with Crippen LogP contribution in [0.2, 0.25) is 0 Å². The van der Waals surface area contributed by atoms with Gasteiger partial charge < -0.3 is 4.74 Å². The first-order valence-corrected chi connectivity index (χ1v) is 6.29. The molecule has 0 spiro atoms. The number of rotatable bonds is 2. The average Bonchev–Trinajstić information content (AvgIpc) is 2.78. The molecule has 90 valence electrons. The summed E-state index contributed by atoms with van der Waals surface area (Å²) in [5, 5.41) is 18.8. The van der Waals surface area contributed by atoms with Gasteiger partial charge in [-0.25, -0.2) is 0 Å². The number of halogens is 1. The van der Waals surface area contributed by atoms with Crippen molar-refractivity contribution in [1.82, 2.24) is 0 Å². The van der Waals surface area contributed by atoms with Gasteiger partial charge >= 0.3 is 0 Å². The number of hydrogen-bond donors (Lipinski definition) is 0. The molecular formula is C14H11BrN2O. The maximum Gasteiger partial charge on any atom is 0.182 e. The van der Waals surface area contributed by atoms with Crippen LogP contribution in [0.15, 0.2) is 41.4 Å². The summed E-state index contributed by atoms with van der Waals surface area (Å²) in [4.78, 5) is 0. The summed E-state index contributed by atoms with van der Waals surface area (Å²) in [6.07, 6.45) is 1.11. The van der Waals surface area contributed by atoms with Gasteiger partial charge in [0.2, 0.25) is 0 Å². The van der Waals surface area contributed by atoms with Crippen molar-refractivity contribution in [3.8, 4) is 12.1 Å². The Morgan fingerprint density at radius 3 is 2.44 bits per heavy atom. The fraction of sp³-hybridized carbons (Fsp3) is 0.286. The Bertz CT molecular complexity index is 524. The molecule has 0 radical (unpaired) electrons. The van der Waals surface area contributed by atoms with Gasteiger partial charge in [0.25, 0.3) is 0 Å². The van der Waals surface area contributed by atoms with E-state index in [9.17, 15) is 10.5 Å². The van der Waals surface area contributed by atoms with Crippen molar-refractivity contribution < 1.29 is 4.74 Å². The molecule has 0 aliphatic carbocycles. The SMILES string of the molecule is C=C[C@H]1CO[C@H](c2ccc(Br)cc2)C1(C#N)C#N. The quantitative estimate of drug-likeness (QED) is 0.787. The minimum atomic E-state index is -1.18. The highest BCUT2D eigenvalue weighted by Gasteiger charge is 2.52. The van der Waals surface area contributed by atoms with Crippen LogP contribution in [0.5, 0.6) is 0 Å². The topological polar surface area (TPSA) is 56.8 Å². The minimum Gasteiger partial charge on any atom is -0.370 e. The third-order valence-electron chi connectivity index (χ3n) is 3.27. The zero-order valence-electron chi connectivity index (χ0n) is 9.64. The van der Waals surface area contributed by atoms with Crippen LogP contribution in [0.4, 0.5) is 0 Å². The first kappa shape index (κ1) is 12.8. The van der Waals surface area contributed by atoms with Gasteiger partial charge in [0.05, 0.1) is 18.7 Å². The van der Waals surface area contributed by atoms with Crippen molar-refractivity contribution in [1.29, 1.82) is 10.5 Å². The van der Waals surface area contributed by atoms with E-state index in [1.807, 2.05) is 24.3 Å². The summed E-state index contributed by atoms with van der Waals surface area (Å²) in [7, 11) is 0. The average molecular weight is 303 g/mol. The van der Waals surface area contributed by atoms with Crippen LogP contribution in [0, 0.1) is 34.0 Å². The highest BCUT2D eigenvalue weighted by molar-refractivity contribution is 9.10. The van der Waals surface area contributed by atoms with E-state index < -0.39 is 11.5 Å². The second kappa shape index (κ2) is 4.94. The third kappa shape index (κ3) is 1.84. The molecule has 1 aromatic carbocycles. The second-order valence-electron chi connectivity index (χ2n) is 4.20. The lowest BCUT2D eigenvalue weighted by Gasteiger charge is -2.23. The molecule has 0 unspecified atom stereocenters. The second-order valence-corrected chi connectivity index (χ2v) is 5.12. The summed E-state index contributed by atoms with van der Waals surface area (Å²) < 4.78 is 6.60. The number of nitrogens with zero attached hydrogens (tertiary/aromatic N) is 2. The molecule has 0 saturated carbocycles. The lowest BCUT2D eigenvalue weighted by Crippen LogP contribution is -2.27. The van der Waals surface area contributed by atoms with Crippen molar-refractivity contribution in [3.63, 3.8) is 0 Å². The first-order valence-electron chi connectivity index (χ1n) is 5.50. The Morgan fingerprint density at radius 2 is 1.94 bits per heavy atom. The van der Waals surface area contributed by atoms with E-state index in [1.165, 1.54) is 0 Å². The summed E-state index contributed by atoms with van der Waals surface area (Å²) >= 11 is 3.36. The van der Waals surface area contributed by atoms with Crippen LogP contribution in [-0.2, 0) is 4.74 Å². The maximum atomic E-state index is 9.39. The number of benzene rings is 1. The number of ether oxygens (including phenoxy) is 1. The van der Waals surface area contributed by atoms with Crippen LogP contribution in [0.3, 0.4) is 0 Å². The highest BCUT2D eigenvalue weighted by Crippen LogP contribution is 2.48. The van der Waals surface area contributed by atoms with Crippen molar-refractivity contribution in [3.05, 3.63) is 47.0 Å². The van der Waals surface area contributed by atoms with E-state index in [0.717, 1.165) is 10.0 Å². The van der Waals surface area contributed by atoms with E-state index in [2.05, 4.69) is 34.6 Å². The van der Waals surface area contributed by atoms with E-state index >= 15 is 0 Å². The van der Waals surface area contributed by atoms with E-state index in [0.29, 0.717) is 6.61 Å². The summed E-state index contributed by atoms with van der Waals surface area (Å²) in [6, 6.07) is 11.7. The fourth-order valence-electron chi connectivity index (χ4n) is 2.22. The zero-order chi connectivity index (χ0) is 13.2. The van der Waals surface area contributed by atoms with Gasteiger partial charge in [-0.3, -0.25) is 0 Å². The highest BCUT2D eigenvalue weighted by atomic mass is 79.9. The van der Waals surface area contributed by atoms with E-state index in [-0.39, 0.29) is 5.92 Å². The van der Waals surface area contributed by atoms with Crippen molar-refractivity contribution >= 4 is 15.9 Å². The van der Waals surface area contributed by atoms with Crippen LogP contribution in [0.25, 0.3) is 0 Å². The normalized spacial score (nSPS) is 25.1. The molecule has 1 heterocycles. The lowest BCUT2D eigenvalue weighted by atomic mass is 9.74. The Hall–Kier alpha value is -1.62. The first-order chi connectivity index (χ1) is 8.67. The molecule has 0 N–H and O–H groups in total. The molecule has 1 aliphatic heterocycles. The standard InChI is InChI=1S/C14H11BrN2O/c1-2-11-7-18-13(14(11,8-16)9-17)10-3-5-12(15)6-4-10/h2-6,11,13H,1,7H2/t11-,13+/m0/s1. The number of hydrogen-bond acceptors (Lipinski definition) is 3. The minimum absolute atomic E-state index is 0.263. The van der Waals surface area contributed by atoms with E-state index in [1.54, 1.807) is 6.08 Å². The third-order valence-corrected chi connectivity index (χ3v) is 3.80. The van der Waals surface area contributed by atoms with Gasteiger partial charge in [-0.05, 0) is 17.7 Å². The van der Waals surface area contributed by atoms with Gasteiger partial charge in [-0.15, -0.1) is 6.58 Å². The van der Waals surface area contributed by atoms with Gasteiger partial charge in [0, 0.05) is 10.4 Å². The van der Waals surface area contributed by atoms with Gasteiger partial charge in [-0.2, -0.15) is 10.5 Å². The number of nitriles is 2. The molecule has 3 nitrogen and oxygen atoms in total. The van der Waals surface area contributed by atoms with Crippen molar-refractivity contribution in [2.24, 2.45) is 11.3 Å². The Balaban J connectivity index is 2.46. The fourth-order valence-corrected chi connectivity index (χ4v) is 2.48. The van der Waals surface area contributed by atoms with Crippen LogP contribution in [-0.4, -0.2) is 6.61 Å². The molecule has 18 heavy (non-hydrogen) atoms. The molecule has 1 aromatic rings. The predicted octanol–water partition coefficient (Wildman–Crippen LogP) is 3.36. The van der Waals surface area contributed by atoms with Crippen molar-refractivity contribution in [2.75, 3.05) is 6.61 Å². The van der Waals surface area contributed by atoms with Gasteiger partial charge in [0.1, 0.15) is 6.10 Å². The van der Waals surface area contributed by atoms with Gasteiger partial charge in [0.15, 0.2) is 5.41 Å². The largest absolute Gasteiger partial charge is 0.370 e. The molecule has 4 heteroatoms. The zero-order valence-corrected chi connectivity index (χ0v) is 11.2. The molecule has 0 aromatic heterocycles. The van der Waals surface area contributed by atoms with Crippen LogP contribution in [0.1, 0.15) is 11.7 Å². The molecular weight excluding hydrogens is 292 g/mol. The molecule has 0 amide bonds. The van der Waals surface area contributed by atoms with Crippen LogP contribution < -0.4 is 0 Å².